The van der Waals surface area contributed by atoms with Gasteiger partial charge in [0.05, 0.1) is 12.6 Å². The molecule has 1 atom stereocenters. The second kappa shape index (κ2) is 6.20. The van der Waals surface area contributed by atoms with Crippen LogP contribution < -0.4 is 11.5 Å². The van der Waals surface area contributed by atoms with Gasteiger partial charge in [-0.15, -0.1) is 11.3 Å². The zero-order valence-electron chi connectivity index (χ0n) is 10.9. The quantitative estimate of drug-likeness (QED) is 0.645. The molecule has 0 bridgehead atoms. The average Bonchev–Trinajstić information content (AvgIpc) is 2.85. The first-order chi connectivity index (χ1) is 8.66. The molecular weight excluding hydrogens is 244 g/mol. The van der Waals surface area contributed by atoms with Crippen LogP contribution in [0.15, 0.2) is 22.5 Å². The van der Waals surface area contributed by atoms with Crippen LogP contribution in [-0.4, -0.2) is 30.5 Å². The van der Waals surface area contributed by atoms with Gasteiger partial charge in [-0.2, -0.15) is 0 Å². The number of hydrogen-bond donors (Lipinski definition) is 2. The summed E-state index contributed by atoms with van der Waals surface area (Å²) in [5.74, 6) is 1.02. The van der Waals surface area contributed by atoms with Crippen molar-refractivity contribution in [2.24, 2.45) is 22.4 Å². The average molecular weight is 266 g/mol. The van der Waals surface area contributed by atoms with Crippen molar-refractivity contribution < 1.29 is 0 Å². The summed E-state index contributed by atoms with van der Waals surface area (Å²) in [4.78, 5) is 8.08. The van der Waals surface area contributed by atoms with Gasteiger partial charge in [0, 0.05) is 4.88 Å². The fourth-order valence-corrected chi connectivity index (χ4v) is 3.25. The van der Waals surface area contributed by atoms with E-state index in [4.69, 9.17) is 11.5 Å². The highest BCUT2D eigenvalue weighted by Gasteiger charge is 2.24. The molecule has 2 rings (SSSR count). The number of nitrogens with zero attached hydrogens (tertiary/aromatic N) is 2. The Balaban J connectivity index is 2.07. The topological polar surface area (TPSA) is 67.6 Å². The van der Waals surface area contributed by atoms with E-state index in [0.29, 0.717) is 12.6 Å². The molecule has 4 N–H and O–H groups in total. The molecule has 0 radical (unpaired) electrons. The number of rotatable bonds is 4. The van der Waals surface area contributed by atoms with Crippen molar-refractivity contribution in [3.63, 3.8) is 0 Å². The Morgan fingerprint density at radius 1 is 1.50 bits per heavy atom. The van der Waals surface area contributed by atoms with Gasteiger partial charge in [0.15, 0.2) is 5.96 Å². The summed E-state index contributed by atoms with van der Waals surface area (Å²) in [7, 11) is 0. The zero-order valence-corrected chi connectivity index (χ0v) is 11.7. The normalized spacial score (nSPS) is 19.6. The molecular formula is C13H22N4S. The summed E-state index contributed by atoms with van der Waals surface area (Å²) in [5, 5.41) is 2.12. The van der Waals surface area contributed by atoms with Crippen LogP contribution in [0.25, 0.3) is 0 Å². The maximum atomic E-state index is 5.46. The van der Waals surface area contributed by atoms with E-state index in [0.717, 1.165) is 19.0 Å². The minimum absolute atomic E-state index is 0.182. The van der Waals surface area contributed by atoms with Crippen LogP contribution in [0.5, 0.6) is 0 Å². The lowest BCUT2D eigenvalue weighted by atomic mass is 9.97. The summed E-state index contributed by atoms with van der Waals surface area (Å²) in [6.07, 6.45) is 2.54. The number of likely N-dealkylation sites (tertiary alicyclic amines) is 1. The Kier molecular flexibility index (Phi) is 4.60. The zero-order chi connectivity index (χ0) is 13.0. The molecule has 0 saturated carbocycles. The summed E-state index contributed by atoms with van der Waals surface area (Å²) >= 11 is 1.78. The van der Waals surface area contributed by atoms with Gasteiger partial charge in [0.2, 0.25) is 0 Å². The fourth-order valence-electron chi connectivity index (χ4n) is 2.40. The van der Waals surface area contributed by atoms with E-state index in [2.05, 4.69) is 34.3 Å². The van der Waals surface area contributed by atoms with Gasteiger partial charge in [-0.1, -0.05) is 13.0 Å². The van der Waals surface area contributed by atoms with E-state index in [1.54, 1.807) is 11.3 Å². The lowest BCUT2D eigenvalue weighted by Crippen LogP contribution is -2.37. The smallest absolute Gasteiger partial charge is 0.185 e. The van der Waals surface area contributed by atoms with Gasteiger partial charge in [-0.25, -0.2) is 0 Å². The number of hydrogen-bond acceptors (Lipinski definition) is 3. The highest BCUT2D eigenvalue weighted by molar-refractivity contribution is 7.10. The predicted octanol–water partition coefficient (Wildman–Crippen LogP) is 1.79. The van der Waals surface area contributed by atoms with Crippen LogP contribution in [0.3, 0.4) is 0 Å². The monoisotopic (exact) mass is 266 g/mol. The van der Waals surface area contributed by atoms with Crippen LogP contribution >= 0.6 is 11.3 Å². The van der Waals surface area contributed by atoms with Crippen molar-refractivity contribution in [2.45, 2.75) is 25.8 Å². The number of aliphatic imine (C=N–C) groups is 1. The predicted molar refractivity (Wildman–Crippen MR) is 77.7 cm³/mol. The molecule has 1 aromatic heterocycles. The molecule has 1 aliphatic rings. The van der Waals surface area contributed by atoms with Crippen molar-refractivity contribution in [1.82, 2.24) is 4.90 Å². The Hall–Kier alpha value is -1.07. The standard InChI is InChI=1S/C13H22N4S/c1-10-4-6-17(7-5-10)11(9-16-13(14)15)12-3-2-8-18-12/h2-3,8,10-11H,4-7,9H2,1H3,(H4,14,15,16)/t11-/m0/s1. The number of piperidine rings is 1. The van der Waals surface area contributed by atoms with Gasteiger partial charge in [0.1, 0.15) is 0 Å². The fraction of sp³-hybridized carbons (Fsp3) is 0.615. The molecule has 5 heteroatoms. The number of thiophene rings is 1. The third kappa shape index (κ3) is 3.46. The van der Waals surface area contributed by atoms with Crippen molar-refractivity contribution in [3.8, 4) is 0 Å². The molecule has 2 heterocycles. The third-order valence-corrected chi connectivity index (χ3v) is 4.55. The molecule has 0 spiro atoms. The molecule has 0 amide bonds. The highest BCUT2D eigenvalue weighted by atomic mass is 32.1. The lowest BCUT2D eigenvalue weighted by Gasteiger charge is -2.35. The maximum absolute atomic E-state index is 5.46. The molecule has 0 aromatic carbocycles. The largest absolute Gasteiger partial charge is 0.370 e. The Morgan fingerprint density at radius 2 is 2.22 bits per heavy atom. The Bertz CT molecular complexity index is 376. The van der Waals surface area contributed by atoms with E-state index in [1.165, 1.54) is 17.7 Å². The molecule has 100 valence electrons. The van der Waals surface area contributed by atoms with Crippen molar-refractivity contribution in [2.75, 3.05) is 19.6 Å². The molecule has 0 unspecified atom stereocenters. The van der Waals surface area contributed by atoms with Gasteiger partial charge in [-0.3, -0.25) is 9.89 Å². The van der Waals surface area contributed by atoms with Crippen LogP contribution in [0.1, 0.15) is 30.7 Å². The molecule has 1 fully saturated rings. The summed E-state index contributed by atoms with van der Waals surface area (Å²) < 4.78 is 0. The maximum Gasteiger partial charge on any atom is 0.185 e. The Labute approximate surface area is 113 Å². The molecule has 0 aliphatic carbocycles. The summed E-state index contributed by atoms with van der Waals surface area (Å²) in [6, 6.07) is 4.60. The highest BCUT2D eigenvalue weighted by Crippen LogP contribution is 2.29. The van der Waals surface area contributed by atoms with E-state index in [9.17, 15) is 0 Å². The van der Waals surface area contributed by atoms with E-state index >= 15 is 0 Å². The van der Waals surface area contributed by atoms with Gasteiger partial charge in [-0.05, 0) is 43.3 Å². The van der Waals surface area contributed by atoms with Crippen LogP contribution in [0.2, 0.25) is 0 Å². The van der Waals surface area contributed by atoms with Gasteiger partial charge >= 0.3 is 0 Å². The number of nitrogens with two attached hydrogens (primary N) is 2. The van der Waals surface area contributed by atoms with Crippen molar-refractivity contribution in [3.05, 3.63) is 22.4 Å². The lowest BCUT2D eigenvalue weighted by molar-refractivity contribution is 0.143. The van der Waals surface area contributed by atoms with E-state index in [-0.39, 0.29) is 5.96 Å². The molecule has 18 heavy (non-hydrogen) atoms. The Morgan fingerprint density at radius 3 is 2.78 bits per heavy atom. The second-order valence-electron chi connectivity index (χ2n) is 5.02. The molecule has 1 saturated heterocycles. The summed E-state index contributed by atoms with van der Waals surface area (Å²) in [6.45, 7) is 5.28. The third-order valence-electron chi connectivity index (χ3n) is 3.58. The second-order valence-corrected chi connectivity index (χ2v) is 5.99. The number of guanidine groups is 1. The van der Waals surface area contributed by atoms with Crippen LogP contribution in [-0.2, 0) is 0 Å². The first-order valence-electron chi connectivity index (χ1n) is 6.49. The SMILES string of the molecule is CC1CCN([C@@H](CN=C(N)N)c2cccs2)CC1. The van der Waals surface area contributed by atoms with Crippen LogP contribution in [0, 0.1) is 5.92 Å². The molecule has 4 nitrogen and oxygen atoms in total. The first-order valence-corrected chi connectivity index (χ1v) is 7.37. The first kappa shape index (κ1) is 13.4. The van der Waals surface area contributed by atoms with Gasteiger partial charge < -0.3 is 11.5 Å². The summed E-state index contributed by atoms with van der Waals surface area (Å²) in [5.41, 5.74) is 10.9. The van der Waals surface area contributed by atoms with Gasteiger partial charge in [0.25, 0.3) is 0 Å². The van der Waals surface area contributed by atoms with E-state index < -0.39 is 0 Å². The molecule has 1 aliphatic heterocycles. The van der Waals surface area contributed by atoms with Crippen LogP contribution in [0.4, 0.5) is 0 Å². The molecule has 1 aromatic rings. The minimum Gasteiger partial charge on any atom is -0.370 e. The minimum atomic E-state index is 0.182. The van der Waals surface area contributed by atoms with Crippen molar-refractivity contribution in [1.29, 1.82) is 0 Å². The van der Waals surface area contributed by atoms with E-state index in [1.807, 2.05) is 0 Å². The van der Waals surface area contributed by atoms with Crippen molar-refractivity contribution >= 4 is 17.3 Å².